The number of hydrogen-bond acceptors (Lipinski definition) is 3. The Bertz CT molecular complexity index is 297. The van der Waals surface area contributed by atoms with Crippen LogP contribution in [0.25, 0.3) is 0 Å². The van der Waals surface area contributed by atoms with Gasteiger partial charge in [0.2, 0.25) is 0 Å². The number of likely N-dealkylation sites (N-methyl/N-ethyl adjacent to an activating group) is 1. The van der Waals surface area contributed by atoms with Gasteiger partial charge in [-0.25, -0.2) is 8.93 Å². The van der Waals surface area contributed by atoms with Crippen molar-refractivity contribution in [1.29, 1.82) is 0 Å². The van der Waals surface area contributed by atoms with Gasteiger partial charge in [-0.15, -0.1) is 0 Å². The van der Waals surface area contributed by atoms with E-state index in [9.17, 15) is 4.21 Å². The fourth-order valence-electron chi connectivity index (χ4n) is 1.63. The van der Waals surface area contributed by atoms with Crippen LogP contribution in [0.2, 0.25) is 0 Å². The van der Waals surface area contributed by atoms with Gasteiger partial charge in [-0.3, -0.25) is 0 Å². The first kappa shape index (κ1) is 17.4. The van der Waals surface area contributed by atoms with Gasteiger partial charge in [0.25, 0.3) is 0 Å². The zero-order chi connectivity index (χ0) is 14.3. The third kappa shape index (κ3) is 5.40. The summed E-state index contributed by atoms with van der Waals surface area (Å²) >= 11 is 0. The Kier molecular flexibility index (Phi) is 7.55. The van der Waals surface area contributed by atoms with Crippen LogP contribution in [0.1, 0.15) is 47.5 Å². The molecule has 0 unspecified atom stereocenters. The van der Waals surface area contributed by atoms with E-state index < -0.39 is 11.0 Å². The summed E-state index contributed by atoms with van der Waals surface area (Å²) in [5.74, 6) is 0. The Hall–Kier alpha value is -0.550. The SMILES string of the molecule is CCCN(C)/C(=C\N)[C@H](CC)N[S@@](=O)C(C)(C)C. The molecule has 3 N–H and O–H groups in total. The summed E-state index contributed by atoms with van der Waals surface area (Å²) in [6.45, 7) is 11.0. The second kappa shape index (κ2) is 7.79. The first-order valence-corrected chi connectivity index (χ1v) is 7.73. The summed E-state index contributed by atoms with van der Waals surface area (Å²) in [7, 11) is 0.937. The lowest BCUT2D eigenvalue weighted by Crippen LogP contribution is -2.43. The average molecular weight is 275 g/mol. The van der Waals surface area contributed by atoms with Crippen molar-refractivity contribution in [1.82, 2.24) is 9.62 Å². The monoisotopic (exact) mass is 275 g/mol. The molecule has 0 saturated carbocycles. The second-order valence-electron chi connectivity index (χ2n) is 5.47. The van der Waals surface area contributed by atoms with E-state index in [2.05, 4.69) is 23.5 Å². The quantitative estimate of drug-likeness (QED) is 0.747. The van der Waals surface area contributed by atoms with Crippen LogP contribution in [0.3, 0.4) is 0 Å². The predicted molar refractivity (Wildman–Crippen MR) is 80.3 cm³/mol. The largest absolute Gasteiger partial charge is 0.403 e. The smallest absolute Gasteiger partial charge is 0.0976 e. The molecule has 0 spiro atoms. The molecule has 0 radical (unpaired) electrons. The third-order valence-electron chi connectivity index (χ3n) is 2.74. The minimum atomic E-state index is -1.08. The van der Waals surface area contributed by atoms with Crippen LogP contribution in [-0.2, 0) is 11.0 Å². The van der Waals surface area contributed by atoms with Gasteiger partial charge >= 0.3 is 0 Å². The fourth-order valence-corrected chi connectivity index (χ4v) is 2.53. The van der Waals surface area contributed by atoms with Crippen molar-refractivity contribution in [3.05, 3.63) is 11.9 Å². The van der Waals surface area contributed by atoms with Crippen molar-refractivity contribution >= 4 is 11.0 Å². The summed E-state index contributed by atoms with van der Waals surface area (Å²) < 4.78 is 15.1. The third-order valence-corrected chi connectivity index (χ3v) is 4.35. The van der Waals surface area contributed by atoms with Crippen LogP contribution < -0.4 is 10.5 Å². The lowest BCUT2D eigenvalue weighted by molar-refractivity contribution is 0.373. The molecule has 5 heteroatoms. The van der Waals surface area contributed by atoms with E-state index in [1.54, 1.807) is 6.20 Å². The van der Waals surface area contributed by atoms with Crippen molar-refractivity contribution in [2.45, 2.75) is 58.2 Å². The highest BCUT2D eigenvalue weighted by Crippen LogP contribution is 2.15. The standard InChI is InChI=1S/C13H29N3OS/c1-7-9-16(6)12(10-14)11(8-2)15-18(17)13(3,4)5/h10-11,15H,7-9,14H2,1-6H3/b12-10-/t11-,18-/m0/s1. The topological polar surface area (TPSA) is 58.4 Å². The number of nitrogens with two attached hydrogens (primary N) is 1. The molecule has 0 aliphatic rings. The minimum Gasteiger partial charge on any atom is -0.403 e. The molecule has 4 nitrogen and oxygen atoms in total. The molecule has 0 aliphatic carbocycles. The van der Waals surface area contributed by atoms with Crippen molar-refractivity contribution in [2.75, 3.05) is 13.6 Å². The zero-order valence-corrected chi connectivity index (χ0v) is 13.4. The molecule has 0 aromatic heterocycles. The van der Waals surface area contributed by atoms with Gasteiger partial charge in [0, 0.05) is 25.5 Å². The van der Waals surface area contributed by atoms with E-state index in [4.69, 9.17) is 5.73 Å². The van der Waals surface area contributed by atoms with Crippen LogP contribution in [0.15, 0.2) is 11.9 Å². The van der Waals surface area contributed by atoms with Gasteiger partial charge in [0.15, 0.2) is 0 Å². The zero-order valence-electron chi connectivity index (χ0n) is 12.6. The maximum Gasteiger partial charge on any atom is 0.0976 e. The van der Waals surface area contributed by atoms with E-state index in [1.807, 2.05) is 27.8 Å². The Balaban J connectivity index is 4.80. The van der Waals surface area contributed by atoms with E-state index >= 15 is 0 Å². The first-order valence-electron chi connectivity index (χ1n) is 6.58. The van der Waals surface area contributed by atoms with Gasteiger partial charge in [-0.1, -0.05) is 13.8 Å². The van der Waals surface area contributed by atoms with Gasteiger partial charge in [-0.2, -0.15) is 0 Å². The molecule has 0 aliphatic heterocycles. The average Bonchev–Trinajstić information content (AvgIpc) is 2.27. The van der Waals surface area contributed by atoms with E-state index in [-0.39, 0.29) is 10.8 Å². The molecule has 0 saturated heterocycles. The van der Waals surface area contributed by atoms with Gasteiger partial charge in [-0.05, 0) is 33.6 Å². The van der Waals surface area contributed by atoms with E-state index in [0.717, 1.165) is 25.1 Å². The van der Waals surface area contributed by atoms with Gasteiger partial charge in [0.1, 0.15) is 0 Å². The maximum atomic E-state index is 12.1. The van der Waals surface area contributed by atoms with Crippen LogP contribution in [-0.4, -0.2) is 33.5 Å². The Morgan fingerprint density at radius 3 is 2.33 bits per heavy atom. The molecule has 18 heavy (non-hydrogen) atoms. The molecule has 108 valence electrons. The van der Waals surface area contributed by atoms with Crippen LogP contribution in [0, 0.1) is 0 Å². The fraction of sp³-hybridized carbons (Fsp3) is 0.846. The van der Waals surface area contributed by atoms with Crippen molar-refractivity contribution < 1.29 is 4.21 Å². The summed E-state index contributed by atoms with van der Waals surface area (Å²) in [6, 6.07) is 0.0339. The van der Waals surface area contributed by atoms with Crippen LogP contribution >= 0.6 is 0 Å². The first-order chi connectivity index (χ1) is 8.27. The van der Waals surface area contributed by atoms with Crippen LogP contribution in [0.4, 0.5) is 0 Å². The molecular formula is C13H29N3OS. The Labute approximate surface area is 115 Å². The highest BCUT2D eigenvalue weighted by atomic mass is 32.2. The number of rotatable bonds is 7. The predicted octanol–water partition coefficient (Wildman–Crippen LogP) is 1.96. The second-order valence-corrected chi connectivity index (χ2v) is 7.47. The number of nitrogens with zero attached hydrogens (tertiary/aromatic N) is 1. The molecule has 0 aromatic rings. The molecule has 0 aromatic carbocycles. The lowest BCUT2D eigenvalue weighted by atomic mass is 10.1. The summed E-state index contributed by atoms with van der Waals surface area (Å²) in [5, 5.41) is 0. The maximum absolute atomic E-state index is 12.1. The minimum absolute atomic E-state index is 0.0339. The number of nitrogens with one attached hydrogen (secondary N) is 1. The van der Waals surface area contributed by atoms with E-state index in [1.165, 1.54) is 0 Å². The van der Waals surface area contributed by atoms with Crippen LogP contribution in [0.5, 0.6) is 0 Å². The van der Waals surface area contributed by atoms with E-state index in [0.29, 0.717) is 0 Å². The molecule has 2 atom stereocenters. The summed E-state index contributed by atoms with van der Waals surface area (Å²) in [6.07, 6.45) is 3.54. The summed E-state index contributed by atoms with van der Waals surface area (Å²) in [4.78, 5) is 2.13. The number of hydrogen-bond donors (Lipinski definition) is 2. The molecule has 0 amide bonds. The molecule has 0 heterocycles. The molecule has 0 fully saturated rings. The molecular weight excluding hydrogens is 246 g/mol. The van der Waals surface area contributed by atoms with Gasteiger partial charge < -0.3 is 10.6 Å². The van der Waals surface area contributed by atoms with Crippen molar-refractivity contribution in [3.8, 4) is 0 Å². The van der Waals surface area contributed by atoms with Crippen molar-refractivity contribution in [3.63, 3.8) is 0 Å². The molecule has 0 bridgehead atoms. The Morgan fingerprint density at radius 1 is 1.44 bits per heavy atom. The lowest BCUT2D eigenvalue weighted by Gasteiger charge is -2.30. The summed E-state index contributed by atoms with van der Waals surface area (Å²) in [5.41, 5.74) is 6.73. The molecule has 0 rings (SSSR count). The highest BCUT2D eigenvalue weighted by molar-refractivity contribution is 7.84. The Morgan fingerprint density at radius 2 is 2.00 bits per heavy atom. The van der Waals surface area contributed by atoms with Crippen molar-refractivity contribution in [2.24, 2.45) is 5.73 Å². The highest BCUT2D eigenvalue weighted by Gasteiger charge is 2.24. The van der Waals surface area contributed by atoms with Gasteiger partial charge in [0.05, 0.1) is 21.8 Å². The normalized spacial score (nSPS) is 16.4.